The van der Waals surface area contributed by atoms with E-state index in [0.717, 1.165) is 42.6 Å². The quantitative estimate of drug-likeness (QED) is 0.696. The zero-order valence-electron chi connectivity index (χ0n) is 16.2. The molecular weight excluding hydrogens is 364 g/mol. The SMILES string of the molecule is Nc1ncc(-c2ccccc2)c([C@@H]2CCCCN2CC(=O)Nc2ccccn2)n1. The maximum absolute atomic E-state index is 12.6. The van der Waals surface area contributed by atoms with Gasteiger partial charge in [-0.3, -0.25) is 9.69 Å². The summed E-state index contributed by atoms with van der Waals surface area (Å²) < 4.78 is 0. The van der Waals surface area contributed by atoms with E-state index in [4.69, 9.17) is 5.73 Å². The Kier molecular flexibility index (Phi) is 5.76. The number of piperidine rings is 1. The van der Waals surface area contributed by atoms with Gasteiger partial charge in [0.1, 0.15) is 5.82 Å². The van der Waals surface area contributed by atoms with Crippen LogP contribution in [0.15, 0.2) is 60.9 Å². The fourth-order valence-corrected chi connectivity index (χ4v) is 3.80. The van der Waals surface area contributed by atoms with Crippen molar-refractivity contribution in [2.75, 3.05) is 24.1 Å². The van der Waals surface area contributed by atoms with Crippen LogP contribution in [0.3, 0.4) is 0 Å². The minimum atomic E-state index is -0.0844. The average molecular weight is 388 g/mol. The molecular formula is C22H24N6O. The van der Waals surface area contributed by atoms with Gasteiger partial charge in [0, 0.05) is 18.0 Å². The number of carbonyl (C=O) groups excluding carboxylic acids is 1. The largest absolute Gasteiger partial charge is 0.368 e. The van der Waals surface area contributed by atoms with Crippen LogP contribution in [0.4, 0.5) is 11.8 Å². The van der Waals surface area contributed by atoms with Crippen LogP contribution < -0.4 is 11.1 Å². The number of likely N-dealkylation sites (tertiary alicyclic amines) is 1. The molecule has 29 heavy (non-hydrogen) atoms. The molecule has 3 aromatic rings. The number of aromatic nitrogens is 3. The van der Waals surface area contributed by atoms with Crippen LogP contribution >= 0.6 is 0 Å². The molecule has 7 heteroatoms. The van der Waals surface area contributed by atoms with Gasteiger partial charge in [-0.25, -0.2) is 15.0 Å². The fourth-order valence-electron chi connectivity index (χ4n) is 3.80. The Morgan fingerprint density at radius 1 is 1.10 bits per heavy atom. The van der Waals surface area contributed by atoms with Crippen molar-refractivity contribution in [2.45, 2.75) is 25.3 Å². The predicted octanol–water partition coefficient (Wildman–Crippen LogP) is 3.29. The second kappa shape index (κ2) is 8.79. The molecule has 1 fully saturated rings. The molecule has 1 aliphatic heterocycles. The maximum Gasteiger partial charge on any atom is 0.239 e. The van der Waals surface area contributed by atoms with Crippen molar-refractivity contribution >= 4 is 17.7 Å². The second-order valence-electron chi connectivity index (χ2n) is 7.14. The van der Waals surface area contributed by atoms with Crippen molar-refractivity contribution in [1.82, 2.24) is 19.9 Å². The van der Waals surface area contributed by atoms with Gasteiger partial charge in [0.15, 0.2) is 0 Å². The first-order valence-electron chi connectivity index (χ1n) is 9.83. The van der Waals surface area contributed by atoms with E-state index < -0.39 is 0 Å². The van der Waals surface area contributed by atoms with Crippen molar-refractivity contribution in [3.63, 3.8) is 0 Å². The number of nitrogens with two attached hydrogens (primary N) is 1. The van der Waals surface area contributed by atoms with Crippen molar-refractivity contribution in [3.05, 3.63) is 66.6 Å². The van der Waals surface area contributed by atoms with Gasteiger partial charge in [-0.1, -0.05) is 42.8 Å². The zero-order valence-corrected chi connectivity index (χ0v) is 16.2. The van der Waals surface area contributed by atoms with Crippen LogP contribution in [-0.2, 0) is 4.79 Å². The molecule has 0 saturated carbocycles. The number of pyridine rings is 1. The monoisotopic (exact) mass is 388 g/mol. The van der Waals surface area contributed by atoms with Crippen LogP contribution in [-0.4, -0.2) is 38.8 Å². The highest BCUT2D eigenvalue weighted by Crippen LogP contribution is 2.35. The van der Waals surface area contributed by atoms with E-state index in [1.165, 1.54) is 0 Å². The number of anilines is 2. The highest BCUT2D eigenvalue weighted by atomic mass is 16.2. The minimum Gasteiger partial charge on any atom is -0.368 e. The predicted molar refractivity (Wildman–Crippen MR) is 113 cm³/mol. The molecule has 1 atom stereocenters. The lowest BCUT2D eigenvalue weighted by atomic mass is 9.94. The van der Waals surface area contributed by atoms with Crippen LogP contribution in [0.1, 0.15) is 31.0 Å². The van der Waals surface area contributed by atoms with Crippen LogP contribution in [0.5, 0.6) is 0 Å². The Morgan fingerprint density at radius 3 is 2.72 bits per heavy atom. The Bertz CT molecular complexity index is 964. The highest BCUT2D eigenvalue weighted by Gasteiger charge is 2.29. The molecule has 3 heterocycles. The summed E-state index contributed by atoms with van der Waals surface area (Å²) in [6.07, 6.45) is 6.51. The summed E-state index contributed by atoms with van der Waals surface area (Å²) in [5.74, 6) is 0.726. The molecule has 0 unspecified atom stereocenters. The topological polar surface area (TPSA) is 97.0 Å². The lowest BCUT2D eigenvalue weighted by Gasteiger charge is -2.35. The molecule has 0 bridgehead atoms. The number of nitrogens with one attached hydrogen (secondary N) is 1. The third-order valence-corrected chi connectivity index (χ3v) is 5.13. The van der Waals surface area contributed by atoms with E-state index in [2.05, 4.69) is 25.2 Å². The third kappa shape index (κ3) is 4.57. The molecule has 0 aliphatic carbocycles. The van der Waals surface area contributed by atoms with Gasteiger partial charge in [-0.2, -0.15) is 0 Å². The Morgan fingerprint density at radius 2 is 1.93 bits per heavy atom. The molecule has 3 N–H and O–H groups in total. The smallest absolute Gasteiger partial charge is 0.239 e. The van der Waals surface area contributed by atoms with Gasteiger partial charge in [0.25, 0.3) is 0 Å². The van der Waals surface area contributed by atoms with Gasteiger partial charge < -0.3 is 11.1 Å². The van der Waals surface area contributed by atoms with Gasteiger partial charge in [0.2, 0.25) is 11.9 Å². The maximum atomic E-state index is 12.6. The molecule has 0 radical (unpaired) electrons. The molecule has 4 rings (SSSR count). The Hall–Kier alpha value is -3.32. The number of hydrogen-bond donors (Lipinski definition) is 2. The number of hydrogen-bond acceptors (Lipinski definition) is 6. The van der Waals surface area contributed by atoms with Crippen LogP contribution in [0.25, 0.3) is 11.1 Å². The van der Waals surface area contributed by atoms with Crippen LogP contribution in [0, 0.1) is 0 Å². The summed E-state index contributed by atoms with van der Waals surface area (Å²) in [6, 6.07) is 15.5. The molecule has 1 saturated heterocycles. The zero-order chi connectivity index (χ0) is 20.1. The van der Waals surface area contributed by atoms with E-state index in [1.54, 1.807) is 18.5 Å². The number of nitrogens with zero attached hydrogens (tertiary/aromatic N) is 4. The number of nitrogen functional groups attached to an aromatic ring is 1. The van der Waals surface area contributed by atoms with Gasteiger partial charge in [-0.15, -0.1) is 0 Å². The summed E-state index contributed by atoms with van der Waals surface area (Å²) in [5, 5.41) is 2.87. The van der Waals surface area contributed by atoms with E-state index in [-0.39, 0.29) is 24.4 Å². The van der Waals surface area contributed by atoms with Gasteiger partial charge in [-0.05, 0) is 37.1 Å². The van der Waals surface area contributed by atoms with Crippen LogP contribution in [0.2, 0.25) is 0 Å². The molecule has 1 amide bonds. The molecule has 0 spiro atoms. The number of amides is 1. The van der Waals surface area contributed by atoms with E-state index in [0.29, 0.717) is 5.82 Å². The van der Waals surface area contributed by atoms with E-state index >= 15 is 0 Å². The summed E-state index contributed by atoms with van der Waals surface area (Å²) in [6.45, 7) is 1.11. The first-order chi connectivity index (χ1) is 14.2. The van der Waals surface area contributed by atoms with Crippen molar-refractivity contribution in [3.8, 4) is 11.1 Å². The second-order valence-corrected chi connectivity index (χ2v) is 7.14. The molecule has 148 valence electrons. The van der Waals surface area contributed by atoms with Crippen molar-refractivity contribution in [1.29, 1.82) is 0 Å². The molecule has 7 nitrogen and oxygen atoms in total. The number of rotatable bonds is 5. The van der Waals surface area contributed by atoms with E-state index in [9.17, 15) is 4.79 Å². The normalized spacial score (nSPS) is 17.0. The number of carbonyl (C=O) groups is 1. The average Bonchev–Trinajstić information content (AvgIpc) is 2.75. The first-order valence-corrected chi connectivity index (χ1v) is 9.83. The summed E-state index contributed by atoms with van der Waals surface area (Å²) in [4.78, 5) is 27.8. The van der Waals surface area contributed by atoms with Gasteiger partial charge in [0.05, 0.1) is 18.3 Å². The standard InChI is InChI=1S/C22H24N6O/c23-22-25-14-17(16-8-2-1-3-9-16)21(27-22)18-10-5-7-13-28(18)15-20(29)26-19-11-4-6-12-24-19/h1-4,6,8-9,11-12,14,18H,5,7,10,13,15H2,(H2,23,25,27)(H,24,26,29)/t18-/m0/s1. The molecule has 1 aromatic carbocycles. The summed E-state index contributed by atoms with van der Waals surface area (Å²) >= 11 is 0. The number of benzene rings is 1. The third-order valence-electron chi connectivity index (χ3n) is 5.13. The van der Waals surface area contributed by atoms with E-state index in [1.807, 2.05) is 42.5 Å². The summed E-state index contributed by atoms with van der Waals surface area (Å²) in [7, 11) is 0. The Labute approximate surface area is 170 Å². The van der Waals surface area contributed by atoms with Crippen molar-refractivity contribution < 1.29 is 4.79 Å². The minimum absolute atomic E-state index is 0.0127. The fraction of sp³-hybridized carbons (Fsp3) is 0.273. The molecule has 2 aromatic heterocycles. The molecule has 1 aliphatic rings. The Balaban J connectivity index is 1.59. The van der Waals surface area contributed by atoms with Crippen molar-refractivity contribution in [2.24, 2.45) is 0 Å². The first kappa shape index (κ1) is 19.0. The highest BCUT2D eigenvalue weighted by molar-refractivity contribution is 5.91. The lowest BCUT2D eigenvalue weighted by molar-refractivity contribution is -0.118. The summed E-state index contributed by atoms with van der Waals surface area (Å²) in [5.41, 5.74) is 8.82. The van der Waals surface area contributed by atoms with Gasteiger partial charge >= 0.3 is 0 Å². The lowest BCUT2D eigenvalue weighted by Crippen LogP contribution is -2.40.